The number of ether oxygens (including phenoxy) is 2. The van der Waals surface area contributed by atoms with Crippen LogP contribution in [0.4, 0.5) is 0 Å². The summed E-state index contributed by atoms with van der Waals surface area (Å²) >= 11 is 8.10. The molecule has 1 aliphatic heterocycles. The summed E-state index contributed by atoms with van der Waals surface area (Å²) in [5.74, 6) is 0.604. The van der Waals surface area contributed by atoms with Gasteiger partial charge in [-0.2, -0.15) is 0 Å². The fraction of sp³-hybridized carbons (Fsp3) is 0.114. The van der Waals surface area contributed by atoms with Gasteiger partial charge in [0.05, 0.1) is 28.9 Å². The second-order valence-corrected chi connectivity index (χ2v) is 11.7. The van der Waals surface area contributed by atoms with Gasteiger partial charge in [0.15, 0.2) is 4.80 Å². The molecule has 0 saturated heterocycles. The van der Waals surface area contributed by atoms with E-state index in [0.717, 1.165) is 40.8 Å². The molecule has 6 nitrogen and oxygen atoms in total. The van der Waals surface area contributed by atoms with E-state index in [0.29, 0.717) is 31.4 Å². The lowest BCUT2D eigenvalue weighted by molar-refractivity contribution is 0.0734. The van der Waals surface area contributed by atoms with E-state index in [1.807, 2.05) is 48.5 Å². The summed E-state index contributed by atoms with van der Waals surface area (Å²) in [4.78, 5) is 32.2. The minimum Gasteiger partial charge on any atom is -0.497 e. The van der Waals surface area contributed by atoms with Crippen molar-refractivity contribution >= 4 is 40.7 Å². The number of carbonyl (C=O) groups excluding carboxylic acids is 1. The molecule has 1 unspecified atom stereocenters. The van der Waals surface area contributed by atoms with E-state index < -0.39 is 5.97 Å². The first-order valence-corrected chi connectivity index (χ1v) is 15.0. The van der Waals surface area contributed by atoms with Gasteiger partial charge in [-0.05, 0) is 83.6 Å². The number of nitrogens with zero attached hydrogens (tertiary/aromatic N) is 2. The maximum absolute atomic E-state index is 14.0. The number of benzene rings is 4. The molecule has 1 aromatic heterocycles. The molecule has 4 aromatic carbocycles. The van der Waals surface area contributed by atoms with Crippen LogP contribution in [-0.2, 0) is 6.42 Å². The lowest BCUT2D eigenvalue weighted by Gasteiger charge is -2.31. The lowest BCUT2D eigenvalue weighted by atomic mass is 9.83. The van der Waals surface area contributed by atoms with E-state index in [1.165, 1.54) is 16.9 Å². The number of fused-ring (bicyclic) bond motifs is 3. The van der Waals surface area contributed by atoms with Crippen LogP contribution in [0.25, 0.3) is 11.8 Å². The number of halogens is 1. The second kappa shape index (κ2) is 11.2. The number of methoxy groups -OCH3 is 1. The lowest BCUT2D eigenvalue weighted by Crippen LogP contribution is -2.38. The van der Waals surface area contributed by atoms with Crippen molar-refractivity contribution in [3.8, 4) is 11.5 Å². The first-order valence-electron chi connectivity index (χ1n) is 13.8. The van der Waals surface area contributed by atoms with Crippen molar-refractivity contribution in [2.24, 2.45) is 4.99 Å². The van der Waals surface area contributed by atoms with Crippen LogP contribution in [0.3, 0.4) is 0 Å². The number of hydrogen-bond donors (Lipinski definition) is 0. The summed E-state index contributed by atoms with van der Waals surface area (Å²) in [6.07, 6.45) is 3.52. The van der Waals surface area contributed by atoms with Gasteiger partial charge in [-0.15, -0.1) is 0 Å². The molecule has 0 spiro atoms. The molecular formula is C35H25ClN2O4S. The standard InChI is InChI=1S/C35H25ClN2O4S/c1-41-24-17-12-23(13-18-24)34(40)42-25-15-10-21(11-16-25)20-30-33(39)38-32(27-8-4-5-9-29(27)36)28-19-14-22-6-2-3-7-26(22)31(28)37-35(38)43-30/h2-13,15-18,20,32H,14,19H2,1H3/b30-20+. The zero-order valence-electron chi connectivity index (χ0n) is 23.1. The molecule has 0 saturated carbocycles. The van der Waals surface area contributed by atoms with E-state index >= 15 is 0 Å². The highest BCUT2D eigenvalue weighted by atomic mass is 35.5. The van der Waals surface area contributed by atoms with Gasteiger partial charge in [-0.3, -0.25) is 9.36 Å². The number of rotatable bonds is 5. The van der Waals surface area contributed by atoms with Gasteiger partial charge >= 0.3 is 5.97 Å². The van der Waals surface area contributed by atoms with Crippen molar-refractivity contribution in [2.45, 2.75) is 18.9 Å². The van der Waals surface area contributed by atoms with Crippen LogP contribution in [0.5, 0.6) is 11.5 Å². The van der Waals surface area contributed by atoms with Gasteiger partial charge in [-0.25, -0.2) is 9.79 Å². The molecule has 7 rings (SSSR count). The molecule has 5 aromatic rings. The maximum Gasteiger partial charge on any atom is 0.343 e. The Bertz CT molecular complexity index is 2090. The molecule has 0 fully saturated rings. The fourth-order valence-corrected chi connectivity index (χ4v) is 6.91. The second-order valence-electron chi connectivity index (χ2n) is 10.3. The highest BCUT2D eigenvalue weighted by Crippen LogP contribution is 2.42. The third-order valence-corrected chi connectivity index (χ3v) is 9.11. The van der Waals surface area contributed by atoms with Crippen molar-refractivity contribution in [2.75, 3.05) is 7.11 Å². The Kier molecular flexibility index (Phi) is 7.05. The van der Waals surface area contributed by atoms with E-state index in [2.05, 4.69) is 18.2 Å². The Morgan fingerprint density at radius 1 is 0.930 bits per heavy atom. The summed E-state index contributed by atoms with van der Waals surface area (Å²) in [7, 11) is 1.57. The molecule has 2 heterocycles. The first-order chi connectivity index (χ1) is 21.0. The van der Waals surface area contributed by atoms with Crippen molar-refractivity contribution in [3.63, 3.8) is 0 Å². The molecule has 1 aliphatic carbocycles. The minimum absolute atomic E-state index is 0.117. The summed E-state index contributed by atoms with van der Waals surface area (Å²) in [6, 6.07) is 29.5. The Morgan fingerprint density at radius 2 is 1.65 bits per heavy atom. The normalized spacial score (nSPS) is 15.7. The number of aromatic nitrogens is 1. The topological polar surface area (TPSA) is 69.9 Å². The molecule has 2 aliphatic rings. The quantitative estimate of drug-likeness (QED) is 0.177. The molecular weight excluding hydrogens is 580 g/mol. The molecule has 1 atom stereocenters. The van der Waals surface area contributed by atoms with Crippen LogP contribution >= 0.6 is 22.9 Å². The Balaban J connectivity index is 1.26. The summed E-state index contributed by atoms with van der Waals surface area (Å²) in [5, 5.41) is 0.620. The highest BCUT2D eigenvalue weighted by Gasteiger charge is 2.33. The number of aryl methyl sites for hydroxylation is 1. The average Bonchev–Trinajstić information content (AvgIpc) is 3.35. The molecule has 0 amide bonds. The van der Waals surface area contributed by atoms with Crippen molar-refractivity contribution < 1.29 is 14.3 Å². The summed E-state index contributed by atoms with van der Waals surface area (Å²) in [6.45, 7) is 0. The van der Waals surface area contributed by atoms with Gasteiger partial charge in [0, 0.05) is 10.6 Å². The predicted octanol–water partition coefficient (Wildman–Crippen LogP) is 6.20. The van der Waals surface area contributed by atoms with E-state index in [1.54, 1.807) is 48.1 Å². The summed E-state index contributed by atoms with van der Waals surface area (Å²) < 4.78 is 13.0. The van der Waals surface area contributed by atoms with Gasteiger partial charge in [0.25, 0.3) is 5.56 Å². The minimum atomic E-state index is -0.464. The Labute approximate surface area is 256 Å². The first kappa shape index (κ1) is 27.1. The van der Waals surface area contributed by atoms with Crippen LogP contribution in [0.15, 0.2) is 112 Å². The van der Waals surface area contributed by atoms with E-state index in [-0.39, 0.29) is 11.6 Å². The molecule has 212 valence electrons. The highest BCUT2D eigenvalue weighted by molar-refractivity contribution is 7.07. The summed E-state index contributed by atoms with van der Waals surface area (Å²) in [5.41, 5.74) is 6.41. The zero-order chi connectivity index (χ0) is 29.5. The number of carbonyl (C=O) groups is 1. The molecule has 0 radical (unpaired) electrons. The number of allylic oxidation sites excluding steroid dienone is 1. The van der Waals surface area contributed by atoms with Gasteiger partial charge < -0.3 is 9.47 Å². The van der Waals surface area contributed by atoms with Gasteiger partial charge in [0.1, 0.15) is 11.5 Å². The zero-order valence-corrected chi connectivity index (χ0v) is 24.7. The Hall–Kier alpha value is -4.72. The fourth-order valence-electron chi connectivity index (χ4n) is 5.67. The molecule has 0 N–H and O–H groups in total. The van der Waals surface area contributed by atoms with Crippen LogP contribution in [0.2, 0.25) is 5.02 Å². The predicted molar refractivity (Wildman–Crippen MR) is 169 cm³/mol. The van der Waals surface area contributed by atoms with Crippen molar-refractivity contribution in [1.82, 2.24) is 4.57 Å². The molecule has 43 heavy (non-hydrogen) atoms. The number of esters is 1. The van der Waals surface area contributed by atoms with Crippen LogP contribution < -0.4 is 24.4 Å². The SMILES string of the molecule is COc1ccc(C(=O)Oc2ccc(/C=c3/sc4n(c3=O)C(c3ccccc3Cl)C3=C(N=4)c4ccccc4CC3)cc2)cc1. The maximum atomic E-state index is 14.0. The monoisotopic (exact) mass is 604 g/mol. The van der Waals surface area contributed by atoms with Crippen LogP contribution in [0, 0.1) is 0 Å². The van der Waals surface area contributed by atoms with Gasteiger partial charge in [0.2, 0.25) is 0 Å². The molecule has 0 bridgehead atoms. The largest absolute Gasteiger partial charge is 0.497 e. The smallest absolute Gasteiger partial charge is 0.343 e. The van der Waals surface area contributed by atoms with Gasteiger partial charge in [-0.1, -0.05) is 77.5 Å². The average molecular weight is 605 g/mol. The van der Waals surface area contributed by atoms with E-state index in [9.17, 15) is 9.59 Å². The Morgan fingerprint density at radius 3 is 2.42 bits per heavy atom. The van der Waals surface area contributed by atoms with E-state index in [4.69, 9.17) is 26.1 Å². The van der Waals surface area contributed by atoms with Crippen molar-refractivity contribution in [1.29, 1.82) is 0 Å². The third kappa shape index (κ3) is 5.01. The number of hydrogen-bond acceptors (Lipinski definition) is 6. The van der Waals surface area contributed by atoms with Crippen LogP contribution in [0.1, 0.15) is 45.1 Å². The molecule has 8 heteroatoms. The van der Waals surface area contributed by atoms with Crippen LogP contribution in [-0.4, -0.2) is 17.6 Å². The van der Waals surface area contributed by atoms with Crippen molar-refractivity contribution in [3.05, 3.63) is 155 Å². The number of thiazole rings is 1. The third-order valence-electron chi connectivity index (χ3n) is 7.79.